The van der Waals surface area contributed by atoms with Crippen molar-refractivity contribution in [3.05, 3.63) is 59.9 Å². The molecule has 1 heterocycles. The Labute approximate surface area is 177 Å². The summed E-state index contributed by atoms with van der Waals surface area (Å²) >= 11 is 0. The van der Waals surface area contributed by atoms with Crippen LogP contribution < -0.4 is 5.32 Å². The van der Waals surface area contributed by atoms with Gasteiger partial charge in [0.15, 0.2) is 0 Å². The lowest BCUT2D eigenvalue weighted by Crippen LogP contribution is -2.52. The normalized spacial score (nSPS) is 18.5. The fourth-order valence-electron chi connectivity index (χ4n) is 4.71. The largest absolute Gasteiger partial charge is 0.359 e. The zero-order valence-electron chi connectivity index (χ0n) is 17.5. The molecule has 4 nitrogen and oxygen atoms in total. The highest BCUT2D eigenvalue weighted by molar-refractivity contribution is 5.84. The predicted octanol–water partition coefficient (Wildman–Crippen LogP) is 4.19. The first-order valence-corrected chi connectivity index (χ1v) is 10.9. The van der Waals surface area contributed by atoms with Gasteiger partial charge in [0, 0.05) is 31.6 Å². The van der Waals surface area contributed by atoms with Crippen LogP contribution in [0.4, 0.5) is 4.39 Å². The van der Waals surface area contributed by atoms with E-state index in [9.17, 15) is 14.0 Å². The average Bonchev–Trinajstić information content (AvgIpc) is 2.73. The second-order valence-corrected chi connectivity index (χ2v) is 8.67. The Kier molecular flexibility index (Phi) is 5.89. The lowest BCUT2D eigenvalue weighted by atomic mass is 9.72. The van der Waals surface area contributed by atoms with Crippen LogP contribution in [0.3, 0.4) is 0 Å². The standard InChI is InChI=1S/C25H29FN2O2/c1-27-24(30)25(13-15-28(16-14-25)23(29)20-5-4-6-20)17-18-9-11-19(12-10-18)21-7-2-3-8-22(21)26/h2-3,7-12,20H,4-6,13-17H2,1H3,(H,27,30). The molecule has 0 radical (unpaired) electrons. The monoisotopic (exact) mass is 408 g/mol. The van der Waals surface area contributed by atoms with Crippen LogP contribution in [0.2, 0.25) is 0 Å². The maximum absolute atomic E-state index is 14.1. The van der Waals surface area contributed by atoms with Crippen molar-refractivity contribution in [3.63, 3.8) is 0 Å². The third-order valence-corrected chi connectivity index (χ3v) is 6.88. The minimum atomic E-state index is -0.509. The van der Waals surface area contributed by atoms with Gasteiger partial charge < -0.3 is 10.2 Å². The van der Waals surface area contributed by atoms with Crippen LogP contribution >= 0.6 is 0 Å². The van der Waals surface area contributed by atoms with E-state index in [-0.39, 0.29) is 23.5 Å². The highest BCUT2D eigenvalue weighted by Gasteiger charge is 2.43. The summed E-state index contributed by atoms with van der Waals surface area (Å²) in [4.78, 5) is 27.4. The summed E-state index contributed by atoms with van der Waals surface area (Å²) in [5, 5.41) is 2.84. The van der Waals surface area contributed by atoms with Crippen molar-refractivity contribution < 1.29 is 14.0 Å². The highest BCUT2D eigenvalue weighted by Crippen LogP contribution is 2.38. The van der Waals surface area contributed by atoms with Crippen molar-refractivity contribution in [3.8, 4) is 11.1 Å². The van der Waals surface area contributed by atoms with Crippen molar-refractivity contribution in [1.82, 2.24) is 10.2 Å². The summed E-state index contributed by atoms with van der Waals surface area (Å²) in [6.07, 6.45) is 5.11. The molecular formula is C25H29FN2O2. The number of piperidine rings is 1. The third kappa shape index (κ3) is 3.98. The number of halogens is 1. The number of likely N-dealkylation sites (tertiary alicyclic amines) is 1. The predicted molar refractivity (Wildman–Crippen MR) is 115 cm³/mol. The van der Waals surface area contributed by atoms with Crippen LogP contribution in [0.25, 0.3) is 11.1 Å². The lowest BCUT2D eigenvalue weighted by molar-refractivity contribution is -0.144. The first kappa shape index (κ1) is 20.6. The second kappa shape index (κ2) is 8.58. The molecule has 0 aromatic heterocycles. The number of carbonyl (C=O) groups excluding carboxylic acids is 2. The molecule has 1 aliphatic heterocycles. The van der Waals surface area contributed by atoms with Gasteiger partial charge in [0.1, 0.15) is 5.82 Å². The maximum atomic E-state index is 14.1. The highest BCUT2D eigenvalue weighted by atomic mass is 19.1. The fraction of sp³-hybridized carbons (Fsp3) is 0.440. The van der Waals surface area contributed by atoms with Gasteiger partial charge in [0.25, 0.3) is 0 Å². The molecule has 1 saturated carbocycles. The number of carbonyl (C=O) groups is 2. The van der Waals surface area contributed by atoms with Gasteiger partial charge in [-0.15, -0.1) is 0 Å². The van der Waals surface area contributed by atoms with Gasteiger partial charge in [-0.05, 0) is 49.3 Å². The second-order valence-electron chi connectivity index (χ2n) is 8.67. The van der Waals surface area contributed by atoms with E-state index in [0.29, 0.717) is 37.9 Å². The van der Waals surface area contributed by atoms with E-state index < -0.39 is 5.41 Å². The molecule has 1 aliphatic carbocycles. The van der Waals surface area contributed by atoms with E-state index in [2.05, 4.69) is 5.32 Å². The fourth-order valence-corrected chi connectivity index (χ4v) is 4.71. The quantitative estimate of drug-likeness (QED) is 0.807. The van der Waals surface area contributed by atoms with E-state index in [0.717, 1.165) is 30.4 Å². The first-order chi connectivity index (χ1) is 14.5. The molecule has 1 saturated heterocycles. The number of hydrogen-bond acceptors (Lipinski definition) is 2. The molecule has 4 rings (SSSR count). The topological polar surface area (TPSA) is 49.4 Å². The van der Waals surface area contributed by atoms with Crippen LogP contribution in [0, 0.1) is 17.2 Å². The summed E-state index contributed by atoms with van der Waals surface area (Å²) in [5.74, 6) is 0.261. The van der Waals surface area contributed by atoms with Crippen molar-refractivity contribution >= 4 is 11.8 Å². The van der Waals surface area contributed by atoms with Crippen LogP contribution in [-0.4, -0.2) is 36.9 Å². The molecule has 2 amide bonds. The van der Waals surface area contributed by atoms with Gasteiger partial charge in [-0.2, -0.15) is 0 Å². The number of benzene rings is 2. The number of amides is 2. The Morgan fingerprint density at radius 2 is 1.73 bits per heavy atom. The molecule has 2 aliphatic rings. The van der Waals surface area contributed by atoms with E-state index in [1.807, 2.05) is 35.2 Å². The van der Waals surface area contributed by atoms with Gasteiger partial charge >= 0.3 is 0 Å². The summed E-state index contributed by atoms with van der Waals surface area (Å²) in [6.45, 7) is 1.27. The van der Waals surface area contributed by atoms with Crippen molar-refractivity contribution in [2.75, 3.05) is 20.1 Å². The van der Waals surface area contributed by atoms with Crippen molar-refractivity contribution in [2.45, 2.75) is 38.5 Å². The van der Waals surface area contributed by atoms with Gasteiger partial charge in [0.2, 0.25) is 11.8 Å². The first-order valence-electron chi connectivity index (χ1n) is 10.9. The molecule has 5 heteroatoms. The third-order valence-electron chi connectivity index (χ3n) is 6.88. The number of nitrogens with one attached hydrogen (secondary N) is 1. The van der Waals surface area contributed by atoms with Gasteiger partial charge in [-0.3, -0.25) is 9.59 Å². The molecular weight excluding hydrogens is 379 g/mol. The van der Waals surface area contributed by atoms with Crippen LogP contribution in [0.15, 0.2) is 48.5 Å². The molecule has 2 fully saturated rings. The van der Waals surface area contributed by atoms with Crippen molar-refractivity contribution in [1.29, 1.82) is 0 Å². The Balaban J connectivity index is 1.48. The van der Waals surface area contributed by atoms with Crippen LogP contribution in [-0.2, 0) is 16.0 Å². The molecule has 0 bridgehead atoms. The molecule has 2 aromatic rings. The van der Waals surface area contributed by atoms with E-state index in [1.54, 1.807) is 19.2 Å². The number of rotatable bonds is 5. The van der Waals surface area contributed by atoms with Crippen molar-refractivity contribution in [2.24, 2.45) is 11.3 Å². The molecule has 2 aromatic carbocycles. The summed E-state index contributed by atoms with van der Waals surface area (Å²) in [6, 6.07) is 14.5. The van der Waals surface area contributed by atoms with Gasteiger partial charge in [-0.25, -0.2) is 4.39 Å². The smallest absolute Gasteiger partial charge is 0.226 e. The molecule has 0 atom stereocenters. The van der Waals surface area contributed by atoms with Crippen LogP contribution in [0.1, 0.15) is 37.7 Å². The van der Waals surface area contributed by atoms with Gasteiger partial charge in [0.05, 0.1) is 5.41 Å². The summed E-state index contributed by atoms with van der Waals surface area (Å²) in [5.41, 5.74) is 1.95. The molecule has 0 spiro atoms. The Bertz CT molecular complexity index is 913. The Morgan fingerprint density at radius 1 is 1.07 bits per heavy atom. The summed E-state index contributed by atoms with van der Waals surface area (Å²) < 4.78 is 14.1. The molecule has 0 unspecified atom stereocenters. The zero-order chi connectivity index (χ0) is 21.1. The van der Waals surface area contributed by atoms with E-state index >= 15 is 0 Å². The Hall–Kier alpha value is -2.69. The Morgan fingerprint density at radius 3 is 2.30 bits per heavy atom. The van der Waals surface area contributed by atoms with E-state index in [4.69, 9.17) is 0 Å². The molecule has 30 heavy (non-hydrogen) atoms. The average molecular weight is 409 g/mol. The number of hydrogen-bond donors (Lipinski definition) is 1. The summed E-state index contributed by atoms with van der Waals surface area (Å²) in [7, 11) is 1.68. The SMILES string of the molecule is CNC(=O)C1(Cc2ccc(-c3ccccc3F)cc2)CCN(C(=O)C2CCC2)CC1. The van der Waals surface area contributed by atoms with Crippen LogP contribution in [0.5, 0.6) is 0 Å². The molecule has 1 N–H and O–H groups in total. The van der Waals surface area contributed by atoms with E-state index in [1.165, 1.54) is 6.07 Å². The van der Waals surface area contributed by atoms with Gasteiger partial charge in [-0.1, -0.05) is 48.9 Å². The number of nitrogens with zero attached hydrogens (tertiary/aromatic N) is 1. The molecule has 158 valence electrons. The minimum Gasteiger partial charge on any atom is -0.359 e. The lowest BCUT2D eigenvalue weighted by Gasteiger charge is -2.42. The minimum absolute atomic E-state index is 0.0384. The zero-order valence-corrected chi connectivity index (χ0v) is 17.5. The maximum Gasteiger partial charge on any atom is 0.226 e.